The number of halogens is 6. The Hall–Kier alpha value is -2.93. The van der Waals surface area contributed by atoms with Crippen LogP contribution in [0.3, 0.4) is 0 Å². The van der Waals surface area contributed by atoms with Gasteiger partial charge in [-0.05, 0) is 30.3 Å². The van der Waals surface area contributed by atoms with Crippen molar-refractivity contribution in [2.75, 3.05) is 13.2 Å². The van der Waals surface area contributed by atoms with Gasteiger partial charge < -0.3 is 4.74 Å². The smallest absolute Gasteiger partial charge is 0.416 e. The topological polar surface area (TPSA) is 89.5 Å². The van der Waals surface area contributed by atoms with E-state index in [1.807, 2.05) is 4.72 Å². The van der Waals surface area contributed by atoms with Crippen molar-refractivity contribution in [1.29, 1.82) is 0 Å². The van der Waals surface area contributed by atoms with Crippen molar-refractivity contribution in [3.63, 3.8) is 0 Å². The van der Waals surface area contributed by atoms with Crippen LogP contribution in [0, 0.1) is 0 Å². The molecule has 0 aliphatic heterocycles. The predicted molar refractivity (Wildman–Crippen MR) is 98.0 cm³/mol. The maximum atomic E-state index is 12.7. The third-order valence-electron chi connectivity index (χ3n) is 3.97. The van der Waals surface area contributed by atoms with Gasteiger partial charge in [0.2, 0.25) is 10.0 Å². The number of rotatable bonds is 8. The molecule has 174 valence electrons. The molecule has 32 heavy (non-hydrogen) atoms. The van der Waals surface area contributed by atoms with Crippen molar-refractivity contribution in [2.24, 2.45) is 0 Å². The molecule has 0 aromatic heterocycles. The van der Waals surface area contributed by atoms with Crippen molar-refractivity contribution >= 4 is 21.8 Å². The van der Waals surface area contributed by atoms with E-state index >= 15 is 0 Å². The minimum atomic E-state index is -4.75. The van der Waals surface area contributed by atoms with Crippen molar-refractivity contribution in [3.05, 3.63) is 65.2 Å². The van der Waals surface area contributed by atoms with Gasteiger partial charge in [-0.3, -0.25) is 9.59 Å². The lowest BCUT2D eigenvalue weighted by Gasteiger charge is -2.10. The van der Waals surface area contributed by atoms with Crippen LogP contribution in [0.2, 0.25) is 0 Å². The lowest BCUT2D eigenvalue weighted by molar-refractivity contribution is -0.142. The van der Waals surface area contributed by atoms with Crippen LogP contribution in [-0.2, 0) is 31.9 Å². The summed E-state index contributed by atoms with van der Waals surface area (Å²) in [6.07, 6.45) is -9.99. The van der Waals surface area contributed by atoms with E-state index in [-0.39, 0.29) is 5.56 Å². The first-order valence-corrected chi connectivity index (χ1v) is 10.2. The number of Topliss-reactive ketones (excluding diaryl/α,β-unsaturated/α-hetero) is 1. The molecule has 0 bridgehead atoms. The molecule has 2 aromatic carbocycles. The van der Waals surface area contributed by atoms with Crippen LogP contribution in [0.5, 0.6) is 0 Å². The average molecular weight is 483 g/mol. The molecule has 6 nitrogen and oxygen atoms in total. The highest BCUT2D eigenvalue weighted by Gasteiger charge is 2.32. The summed E-state index contributed by atoms with van der Waals surface area (Å²) in [6, 6.07) is 6.44. The molecular weight excluding hydrogens is 468 g/mol. The first-order chi connectivity index (χ1) is 14.7. The largest absolute Gasteiger partial charge is 0.457 e. The van der Waals surface area contributed by atoms with Crippen LogP contribution in [-0.4, -0.2) is 33.3 Å². The summed E-state index contributed by atoms with van der Waals surface area (Å²) in [5.74, 6) is -1.95. The number of esters is 1. The molecule has 0 atom stereocenters. The monoisotopic (exact) mass is 483 g/mol. The fourth-order valence-electron chi connectivity index (χ4n) is 2.38. The molecule has 0 amide bonds. The number of nitrogens with one attached hydrogen (secondary N) is 1. The lowest BCUT2D eigenvalue weighted by Crippen LogP contribution is -2.27. The fraction of sp³-hybridized carbons (Fsp3) is 0.263. The van der Waals surface area contributed by atoms with Crippen molar-refractivity contribution in [3.8, 4) is 0 Å². The highest BCUT2D eigenvalue weighted by atomic mass is 32.2. The zero-order valence-corrected chi connectivity index (χ0v) is 16.8. The van der Waals surface area contributed by atoms with Gasteiger partial charge in [-0.2, -0.15) is 26.3 Å². The van der Waals surface area contributed by atoms with E-state index in [0.29, 0.717) is 18.2 Å². The molecule has 0 aliphatic rings. The molecule has 0 radical (unpaired) electrons. The minimum Gasteiger partial charge on any atom is -0.457 e. The Morgan fingerprint density at radius 2 is 1.44 bits per heavy atom. The van der Waals surface area contributed by atoms with E-state index in [1.165, 1.54) is 0 Å². The van der Waals surface area contributed by atoms with Crippen LogP contribution in [0.4, 0.5) is 26.3 Å². The van der Waals surface area contributed by atoms with Gasteiger partial charge in [0, 0.05) is 12.1 Å². The summed E-state index contributed by atoms with van der Waals surface area (Å²) in [6.45, 7) is -1.42. The molecule has 0 fully saturated rings. The first-order valence-electron chi connectivity index (χ1n) is 8.73. The zero-order valence-electron chi connectivity index (χ0n) is 16.0. The molecule has 2 rings (SSSR count). The number of sulfonamides is 1. The Kier molecular flexibility index (Phi) is 7.67. The summed E-state index contributed by atoms with van der Waals surface area (Å²) < 4.78 is 107. The van der Waals surface area contributed by atoms with E-state index in [0.717, 1.165) is 30.3 Å². The molecule has 0 saturated carbocycles. The number of alkyl halides is 6. The summed E-state index contributed by atoms with van der Waals surface area (Å²) in [4.78, 5) is 22.9. The zero-order chi connectivity index (χ0) is 24.2. The van der Waals surface area contributed by atoms with Crippen molar-refractivity contribution in [2.45, 2.75) is 23.7 Å². The van der Waals surface area contributed by atoms with Gasteiger partial charge in [0.15, 0.2) is 12.4 Å². The Bertz CT molecular complexity index is 1100. The molecule has 0 aliphatic carbocycles. The molecule has 0 unspecified atom stereocenters. The van der Waals surface area contributed by atoms with Crippen LogP contribution in [0.15, 0.2) is 53.4 Å². The number of benzene rings is 2. The van der Waals surface area contributed by atoms with Crippen LogP contribution >= 0.6 is 0 Å². The van der Waals surface area contributed by atoms with Gasteiger partial charge in [0.05, 0.1) is 22.4 Å². The van der Waals surface area contributed by atoms with Gasteiger partial charge >= 0.3 is 18.3 Å². The van der Waals surface area contributed by atoms with E-state index < -0.39 is 69.7 Å². The van der Waals surface area contributed by atoms with E-state index in [9.17, 15) is 44.3 Å². The molecule has 0 saturated heterocycles. The Labute approximate surface area is 178 Å². The predicted octanol–water partition coefficient (Wildman–Crippen LogP) is 3.82. The first kappa shape index (κ1) is 25.3. The van der Waals surface area contributed by atoms with E-state index in [4.69, 9.17) is 0 Å². The summed E-state index contributed by atoms with van der Waals surface area (Å²) in [7, 11) is -4.36. The molecule has 0 spiro atoms. The van der Waals surface area contributed by atoms with Gasteiger partial charge in [-0.1, -0.05) is 18.2 Å². The molecule has 13 heteroatoms. The average Bonchev–Trinajstić information content (AvgIpc) is 2.71. The van der Waals surface area contributed by atoms with Gasteiger partial charge in [0.25, 0.3) is 0 Å². The fourth-order valence-corrected chi connectivity index (χ4v) is 3.46. The standard InChI is InChI=1S/C19H15F6NO5S/c20-18(21,22)13-4-1-3-12(9-13)16(27)11-31-17(28)7-8-26-32(29,30)15-6-2-5-14(10-15)19(23,24)25/h1-6,9-10,26H,7-8,11H2. The van der Waals surface area contributed by atoms with Crippen molar-refractivity contribution in [1.82, 2.24) is 4.72 Å². The lowest BCUT2D eigenvalue weighted by atomic mass is 10.1. The number of carbonyl (C=O) groups is 2. The van der Waals surface area contributed by atoms with Gasteiger partial charge in [-0.15, -0.1) is 0 Å². The molecule has 1 N–H and O–H groups in total. The highest BCUT2D eigenvalue weighted by Crippen LogP contribution is 2.31. The van der Waals surface area contributed by atoms with E-state index in [2.05, 4.69) is 4.74 Å². The molecule has 2 aromatic rings. The van der Waals surface area contributed by atoms with Gasteiger partial charge in [0.1, 0.15) is 0 Å². The summed E-state index contributed by atoms with van der Waals surface area (Å²) in [5, 5.41) is 0. The van der Waals surface area contributed by atoms with Crippen molar-refractivity contribution < 1.29 is 49.1 Å². The number of ether oxygens (including phenoxy) is 1. The third-order valence-corrected chi connectivity index (χ3v) is 5.43. The third kappa shape index (κ3) is 7.05. The quantitative estimate of drug-likeness (QED) is 0.350. The summed E-state index contributed by atoms with van der Waals surface area (Å²) in [5.41, 5.74) is -2.57. The Balaban J connectivity index is 1.88. The molecule has 0 heterocycles. The second kappa shape index (κ2) is 9.69. The van der Waals surface area contributed by atoms with Crippen LogP contribution in [0.1, 0.15) is 27.9 Å². The maximum absolute atomic E-state index is 12.7. The molecular formula is C19H15F6NO5S. The summed E-state index contributed by atoms with van der Waals surface area (Å²) >= 11 is 0. The number of ketones is 1. The maximum Gasteiger partial charge on any atom is 0.416 e. The minimum absolute atomic E-state index is 0.335. The second-order valence-corrected chi connectivity index (χ2v) is 8.10. The number of hydrogen-bond acceptors (Lipinski definition) is 5. The van der Waals surface area contributed by atoms with Crippen LogP contribution < -0.4 is 4.72 Å². The highest BCUT2D eigenvalue weighted by molar-refractivity contribution is 7.89. The number of carbonyl (C=O) groups excluding carboxylic acids is 2. The Morgan fingerprint density at radius 3 is 2.03 bits per heavy atom. The second-order valence-electron chi connectivity index (χ2n) is 6.34. The normalized spacial score (nSPS) is 12.4. The van der Waals surface area contributed by atoms with Gasteiger partial charge in [-0.25, -0.2) is 13.1 Å². The Morgan fingerprint density at radius 1 is 0.875 bits per heavy atom. The SMILES string of the molecule is O=C(CCNS(=O)(=O)c1cccc(C(F)(F)F)c1)OCC(=O)c1cccc(C(F)(F)F)c1. The van der Waals surface area contributed by atoms with Crippen LogP contribution in [0.25, 0.3) is 0 Å². The number of hydrogen-bond donors (Lipinski definition) is 1. The van der Waals surface area contributed by atoms with E-state index in [1.54, 1.807) is 0 Å².